The Kier molecular flexibility index (Phi) is 7.08. The fourth-order valence-corrected chi connectivity index (χ4v) is 5.77. The van der Waals surface area contributed by atoms with E-state index in [2.05, 4.69) is 10.5 Å². The van der Waals surface area contributed by atoms with Gasteiger partial charge in [0.1, 0.15) is 17.1 Å². The predicted molar refractivity (Wildman–Crippen MR) is 127 cm³/mol. The number of β-lactam (4-membered cyclic amide) rings is 1. The van der Waals surface area contributed by atoms with Crippen molar-refractivity contribution in [1.82, 2.24) is 15.4 Å². The second kappa shape index (κ2) is 9.84. The fourth-order valence-electron chi connectivity index (χ4n) is 3.35. The number of carbonyl (C=O) groups is 3. The molecule has 2 aliphatic heterocycles. The quantitative estimate of drug-likeness (QED) is 0.414. The van der Waals surface area contributed by atoms with Crippen molar-refractivity contribution in [3.8, 4) is 0 Å². The number of aryl methyl sites for hydroxylation is 1. The molecule has 3 heterocycles. The van der Waals surface area contributed by atoms with Gasteiger partial charge in [-0.25, -0.2) is 4.79 Å². The third-order valence-corrected chi connectivity index (χ3v) is 7.91. The summed E-state index contributed by atoms with van der Waals surface area (Å²) in [5.74, 6) is -1.08. The van der Waals surface area contributed by atoms with Gasteiger partial charge < -0.3 is 14.9 Å². The minimum Gasteiger partial charge on any atom is -0.477 e. The Labute approximate surface area is 207 Å². The highest BCUT2D eigenvalue weighted by molar-refractivity contribution is 8.00. The van der Waals surface area contributed by atoms with Crippen LogP contribution in [0.3, 0.4) is 0 Å². The Balaban J connectivity index is 1.41. The van der Waals surface area contributed by atoms with Crippen molar-refractivity contribution in [2.45, 2.75) is 23.2 Å². The van der Waals surface area contributed by atoms with Gasteiger partial charge in [0.2, 0.25) is 5.91 Å². The zero-order valence-corrected chi connectivity index (χ0v) is 20.2. The van der Waals surface area contributed by atoms with E-state index in [1.807, 2.05) is 0 Å². The summed E-state index contributed by atoms with van der Waals surface area (Å²) in [5, 5.41) is 16.6. The molecule has 2 aromatic rings. The van der Waals surface area contributed by atoms with Gasteiger partial charge in [-0.05, 0) is 36.8 Å². The zero-order chi connectivity index (χ0) is 23.7. The predicted octanol–water partition coefficient (Wildman–Crippen LogP) is 3.83. The monoisotopic (exact) mass is 525 g/mol. The minimum absolute atomic E-state index is 0.0747. The van der Waals surface area contributed by atoms with Crippen LogP contribution < -0.4 is 5.32 Å². The average molecular weight is 526 g/mol. The molecule has 0 unspecified atom stereocenters. The van der Waals surface area contributed by atoms with Crippen molar-refractivity contribution < 1.29 is 24.0 Å². The van der Waals surface area contributed by atoms with Crippen LogP contribution in [0.2, 0.25) is 10.0 Å². The lowest BCUT2D eigenvalue weighted by Crippen LogP contribution is -2.70. The number of fused-ring (bicyclic) bond motifs is 1. The van der Waals surface area contributed by atoms with Gasteiger partial charge >= 0.3 is 5.97 Å². The van der Waals surface area contributed by atoms with Crippen LogP contribution in [0.25, 0.3) is 6.08 Å². The number of aliphatic carboxylic acids is 1. The molecule has 1 aromatic heterocycles. The molecule has 4 rings (SSSR count). The van der Waals surface area contributed by atoms with E-state index in [4.69, 9.17) is 27.7 Å². The third kappa shape index (κ3) is 5.08. The molecule has 2 atom stereocenters. The molecule has 0 aliphatic carbocycles. The maximum Gasteiger partial charge on any atom is 0.352 e. The van der Waals surface area contributed by atoms with Crippen molar-refractivity contribution >= 4 is 70.6 Å². The van der Waals surface area contributed by atoms with Gasteiger partial charge in [0.25, 0.3) is 5.91 Å². The van der Waals surface area contributed by atoms with Gasteiger partial charge in [-0.1, -0.05) is 34.4 Å². The standard InChI is InChI=1S/C21H17Cl2N3O5S2/c1-10-6-12(31-25-10)3-2-11-8-33-20-17(19(28)26(20)18(11)21(29)30)24-16(27)9-32-13-4-5-14(22)15(23)7-13/h2-7,17,20H,8-9H2,1H3,(H,24,27)(H,29,30)/b3-2+/t17-,20-/m1/s1. The number of nitrogens with zero attached hydrogens (tertiary/aromatic N) is 2. The number of carbonyl (C=O) groups excluding carboxylic acids is 2. The van der Waals surface area contributed by atoms with Crippen LogP contribution in [-0.4, -0.2) is 55.9 Å². The molecule has 0 spiro atoms. The first-order valence-corrected chi connectivity index (χ1v) is 12.4. The summed E-state index contributed by atoms with van der Waals surface area (Å²) in [4.78, 5) is 39.0. The number of carboxylic acid groups (broad SMARTS) is 1. The number of rotatable bonds is 7. The summed E-state index contributed by atoms with van der Waals surface area (Å²) in [6.45, 7) is 1.78. The van der Waals surface area contributed by atoms with Crippen molar-refractivity contribution in [3.05, 3.63) is 63.1 Å². The third-order valence-electron chi connectivity index (χ3n) is 4.87. The number of hydrogen-bond acceptors (Lipinski definition) is 7. The summed E-state index contributed by atoms with van der Waals surface area (Å²) in [6.07, 6.45) is 3.22. The highest BCUT2D eigenvalue weighted by Gasteiger charge is 2.53. The first kappa shape index (κ1) is 23.7. The highest BCUT2D eigenvalue weighted by atomic mass is 35.5. The van der Waals surface area contributed by atoms with Crippen LogP contribution in [0, 0.1) is 6.92 Å². The highest BCUT2D eigenvalue weighted by Crippen LogP contribution is 2.41. The lowest BCUT2D eigenvalue weighted by atomic mass is 10.0. The van der Waals surface area contributed by atoms with E-state index in [0.717, 1.165) is 4.90 Å². The van der Waals surface area contributed by atoms with Crippen molar-refractivity contribution in [2.24, 2.45) is 0 Å². The lowest BCUT2D eigenvalue weighted by molar-refractivity contribution is -0.150. The van der Waals surface area contributed by atoms with E-state index >= 15 is 0 Å². The summed E-state index contributed by atoms with van der Waals surface area (Å²) >= 11 is 14.5. The largest absolute Gasteiger partial charge is 0.477 e. The van der Waals surface area contributed by atoms with E-state index in [1.165, 1.54) is 28.4 Å². The van der Waals surface area contributed by atoms with Crippen molar-refractivity contribution in [1.29, 1.82) is 0 Å². The first-order valence-electron chi connectivity index (χ1n) is 9.64. The number of carboxylic acids is 1. The van der Waals surface area contributed by atoms with Gasteiger partial charge in [0.15, 0.2) is 5.76 Å². The Morgan fingerprint density at radius 1 is 1.33 bits per heavy atom. The summed E-state index contributed by atoms with van der Waals surface area (Å²) in [6, 6.07) is 5.98. The Bertz CT molecular complexity index is 1200. The van der Waals surface area contributed by atoms with Gasteiger partial charge in [-0.3, -0.25) is 14.5 Å². The number of benzene rings is 1. The Morgan fingerprint density at radius 2 is 2.12 bits per heavy atom. The molecule has 1 aromatic carbocycles. The molecule has 1 saturated heterocycles. The minimum atomic E-state index is -1.21. The molecule has 2 amide bonds. The molecule has 8 nitrogen and oxygen atoms in total. The number of amides is 2. The molecular weight excluding hydrogens is 509 g/mol. The van der Waals surface area contributed by atoms with E-state index in [9.17, 15) is 19.5 Å². The average Bonchev–Trinajstić information content (AvgIpc) is 3.21. The molecule has 12 heteroatoms. The molecule has 33 heavy (non-hydrogen) atoms. The summed E-state index contributed by atoms with van der Waals surface area (Å²) in [7, 11) is 0. The number of aromatic nitrogens is 1. The maximum atomic E-state index is 12.7. The van der Waals surface area contributed by atoms with Gasteiger partial charge in [0.05, 0.1) is 21.5 Å². The van der Waals surface area contributed by atoms with Crippen LogP contribution >= 0.6 is 46.7 Å². The second-order valence-corrected chi connectivity index (χ2v) is 10.2. The smallest absolute Gasteiger partial charge is 0.352 e. The Morgan fingerprint density at radius 3 is 2.79 bits per heavy atom. The van der Waals surface area contributed by atoms with Gasteiger partial charge in [-0.15, -0.1) is 23.5 Å². The molecular formula is C21H17Cl2N3O5S2. The van der Waals surface area contributed by atoms with Crippen LogP contribution in [0.5, 0.6) is 0 Å². The molecule has 0 radical (unpaired) electrons. The van der Waals surface area contributed by atoms with Crippen LogP contribution in [-0.2, 0) is 14.4 Å². The maximum absolute atomic E-state index is 12.7. The van der Waals surface area contributed by atoms with E-state index in [-0.39, 0.29) is 17.4 Å². The van der Waals surface area contributed by atoms with E-state index in [1.54, 1.807) is 43.3 Å². The van der Waals surface area contributed by atoms with Crippen molar-refractivity contribution in [2.75, 3.05) is 11.5 Å². The molecule has 1 fully saturated rings. The van der Waals surface area contributed by atoms with Crippen LogP contribution in [0.4, 0.5) is 0 Å². The molecule has 2 aliphatic rings. The molecule has 2 N–H and O–H groups in total. The number of hydrogen-bond donors (Lipinski definition) is 2. The molecule has 0 bridgehead atoms. The number of nitrogens with one attached hydrogen (secondary N) is 1. The molecule has 172 valence electrons. The summed E-state index contributed by atoms with van der Waals surface area (Å²) < 4.78 is 5.10. The zero-order valence-electron chi connectivity index (χ0n) is 17.1. The second-order valence-electron chi connectivity index (χ2n) is 7.20. The van der Waals surface area contributed by atoms with Gasteiger partial charge in [0, 0.05) is 16.7 Å². The van der Waals surface area contributed by atoms with Gasteiger partial charge in [-0.2, -0.15) is 0 Å². The van der Waals surface area contributed by atoms with Crippen LogP contribution in [0.15, 0.2) is 51.0 Å². The first-order chi connectivity index (χ1) is 15.7. The van der Waals surface area contributed by atoms with E-state index in [0.29, 0.717) is 32.8 Å². The number of halogens is 2. The fraction of sp³-hybridized carbons (Fsp3) is 0.238. The van der Waals surface area contributed by atoms with Crippen molar-refractivity contribution in [3.63, 3.8) is 0 Å². The Hall–Kier alpha value is -2.40. The topological polar surface area (TPSA) is 113 Å². The number of thioether (sulfide) groups is 2. The lowest BCUT2D eigenvalue weighted by Gasteiger charge is -2.49. The molecule has 0 saturated carbocycles. The number of allylic oxidation sites excluding steroid dienone is 1. The normalized spacial score (nSPS) is 20.1. The SMILES string of the molecule is Cc1cc(/C=C/C2=C(C(=O)O)N3C(=O)[C@@H](NC(=O)CSc4ccc(Cl)c(Cl)c4)[C@H]3SC2)on1. The van der Waals surface area contributed by atoms with Crippen LogP contribution in [0.1, 0.15) is 11.5 Å². The summed E-state index contributed by atoms with van der Waals surface area (Å²) in [5.41, 5.74) is 1.09. The van der Waals surface area contributed by atoms with E-state index < -0.39 is 23.3 Å².